The van der Waals surface area contributed by atoms with Crippen LogP contribution in [0.2, 0.25) is 0 Å². The number of nitrogens with one attached hydrogen (secondary N) is 2. The number of carbonyl (C=O) groups excluding carboxylic acids is 2. The highest BCUT2D eigenvalue weighted by molar-refractivity contribution is 5.98. The number of benzene rings is 1. The molecule has 0 aliphatic heterocycles. The summed E-state index contributed by atoms with van der Waals surface area (Å²) in [6, 6.07) is 7.06. The van der Waals surface area contributed by atoms with Crippen LogP contribution in [0.15, 0.2) is 49.1 Å². The fourth-order valence-electron chi connectivity index (χ4n) is 2.40. The summed E-state index contributed by atoms with van der Waals surface area (Å²) < 4.78 is 0. The Labute approximate surface area is 129 Å². The molecule has 2 amide bonds. The first-order valence-corrected chi connectivity index (χ1v) is 7.16. The Hall–Kier alpha value is -2.40. The molecule has 2 rings (SSSR count). The van der Waals surface area contributed by atoms with Gasteiger partial charge >= 0.3 is 0 Å². The van der Waals surface area contributed by atoms with E-state index in [1.54, 1.807) is 24.3 Å². The first kappa shape index (κ1) is 16.0. The number of carbonyl (C=O) groups is 2. The van der Waals surface area contributed by atoms with E-state index in [1.807, 2.05) is 12.2 Å². The molecule has 0 heterocycles. The van der Waals surface area contributed by atoms with Gasteiger partial charge in [-0.2, -0.15) is 0 Å². The predicted octanol–water partition coefficient (Wildman–Crippen LogP) is 1.55. The molecule has 1 aliphatic carbocycles. The second-order valence-corrected chi connectivity index (χ2v) is 5.43. The average molecular weight is 300 g/mol. The molecule has 0 bridgehead atoms. The fraction of sp³-hybridized carbons (Fsp3) is 0.294. The van der Waals surface area contributed by atoms with E-state index < -0.39 is 5.54 Å². The number of anilines is 1. The second-order valence-electron chi connectivity index (χ2n) is 5.43. The van der Waals surface area contributed by atoms with Crippen LogP contribution in [0.5, 0.6) is 0 Å². The second kappa shape index (κ2) is 7.04. The highest BCUT2D eigenvalue weighted by Gasteiger charge is 2.31. The number of amides is 2. The Balaban J connectivity index is 1.91. The van der Waals surface area contributed by atoms with Gasteiger partial charge in [0.2, 0.25) is 11.8 Å². The summed E-state index contributed by atoms with van der Waals surface area (Å²) in [6.07, 6.45) is 6.67. The molecule has 5 heteroatoms. The van der Waals surface area contributed by atoms with Crippen LogP contribution in [0.4, 0.5) is 5.69 Å². The molecule has 0 radical (unpaired) electrons. The first-order chi connectivity index (χ1) is 10.6. The topological polar surface area (TPSA) is 78.4 Å². The molecule has 1 aromatic rings. The lowest BCUT2D eigenvalue weighted by Crippen LogP contribution is -2.50. The Morgan fingerprint density at radius 1 is 1.23 bits per heavy atom. The van der Waals surface area contributed by atoms with Crippen LogP contribution < -0.4 is 10.6 Å². The van der Waals surface area contributed by atoms with Crippen molar-refractivity contribution in [2.75, 3.05) is 11.9 Å². The molecule has 0 atom stereocenters. The number of hydrogen-bond acceptors (Lipinski definition) is 3. The van der Waals surface area contributed by atoms with Gasteiger partial charge < -0.3 is 15.7 Å². The number of hydrogen-bond donors (Lipinski definition) is 3. The largest absolute Gasteiger partial charge is 0.394 e. The summed E-state index contributed by atoms with van der Waals surface area (Å²) in [5.41, 5.74) is 0.948. The standard InChI is InChI=1S/C17H20N2O3/c1-2-15(21)18-14-7-5-13(6-8-14)11-16(22)19-17(12-20)9-3-4-10-17/h2-8,20H,1,9-12H2,(H,18,21)(H,19,22). The van der Waals surface area contributed by atoms with Gasteiger partial charge in [-0.25, -0.2) is 0 Å². The van der Waals surface area contributed by atoms with Crippen LogP contribution in [0.3, 0.4) is 0 Å². The van der Waals surface area contributed by atoms with Crippen LogP contribution in [0.1, 0.15) is 18.4 Å². The van der Waals surface area contributed by atoms with Gasteiger partial charge in [-0.05, 0) is 36.6 Å². The van der Waals surface area contributed by atoms with Crippen LogP contribution in [-0.2, 0) is 16.0 Å². The summed E-state index contributed by atoms with van der Waals surface area (Å²) in [5, 5.41) is 15.0. The molecule has 1 aliphatic rings. The van der Waals surface area contributed by atoms with Gasteiger partial charge in [0.15, 0.2) is 0 Å². The fourth-order valence-corrected chi connectivity index (χ4v) is 2.40. The van der Waals surface area contributed by atoms with Crippen molar-refractivity contribution >= 4 is 17.5 Å². The third-order valence-corrected chi connectivity index (χ3v) is 3.66. The quantitative estimate of drug-likeness (QED) is 0.551. The summed E-state index contributed by atoms with van der Waals surface area (Å²) in [6.45, 7) is 3.32. The van der Waals surface area contributed by atoms with Crippen LogP contribution in [0, 0.1) is 0 Å². The minimum Gasteiger partial charge on any atom is -0.394 e. The molecular formula is C17H20N2O3. The zero-order valence-corrected chi connectivity index (χ0v) is 12.3. The Kier molecular flexibility index (Phi) is 5.12. The van der Waals surface area contributed by atoms with Gasteiger partial charge in [0.1, 0.15) is 0 Å². The Bertz CT molecular complexity index is 582. The number of rotatable bonds is 6. The van der Waals surface area contributed by atoms with Gasteiger partial charge in [0, 0.05) is 5.69 Å². The summed E-state index contributed by atoms with van der Waals surface area (Å²) in [7, 11) is 0. The van der Waals surface area contributed by atoms with Crippen molar-refractivity contribution in [1.29, 1.82) is 0 Å². The van der Waals surface area contributed by atoms with E-state index in [4.69, 9.17) is 0 Å². The maximum absolute atomic E-state index is 12.1. The van der Waals surface area contributed by atoms with Crippen molar-refractivity contribution in [3.05, 3.63) is 54.6 Å². The zero-order valence-electron chi connectivity index (χ0n) is 12.3. The van der Waals surface area contributed by atoms with E-state index in [0.717, 1.165) is 5.56 Å². The van der Waals surface area contributed by atoms with Crippen LogP contribution in [0.25, 0.3) is 0 Å². The third-order valence-electron chi connectivity index (χ3n) is 3.66. The van der Waals surface area contributed by atoms with E-state index in [1.165, 1.54) is 6.08 Å². The molecule has 0 aromatic heterocycles. The third kappa shape index (κ3) is 4.05. The smallest absolute Gasteiger partial charge is 0.247 e. The average Bonchev–Trinajstić information content (AvgIpc) is 2.98. The van der Waals surface area contributed by atoms with Gasteiger partial charge in [0.05, 0.1) is 18.6 Å². The van der Waals surface area contributed by atoms with Crippen molar-refractivity contribution in [1.82, 2.24) is 5.32 Å². The lowest BCUT2D eigenvalue weighted by Gasteiger charge is -2.28. The summed E-state index contributed by atoms with van der Waals surface area (Å²) >= 11 is 0. The van der Waals surface area contributed by atoms with Crippen molar-refractivity contribution in [2.24, 2.45) is 0 Å². The molecule has 0 saturated carbocycles. The normalized spacial score (nSPS) is 15.3. The molecule has 0 saturated heterocycles. The van der Waals surface area contributed by atoms with Gasteiger partial charge in [-0.1, -0.05) is 30.9 Å². The van der Waals surface area contributed by atoms with E-state index in [0.29, 0.717) is 18.5 Å². The molecule has 5 nitrogen and oxygen atoms in total. The Morgan fingerprint density at radius 3 is 2.41 bits per heavy atom. The predicted molar refractivity (Wildman–Crippen MR) is 85.3 cm³/mol. The SMILES string of the molecule is C=CC(=O)Nc1ccc(CC(=O)NC2(CO)CC=CC2)cc1. The van der Waals surface area contributed by atoms with Gasteiger partial charge in [-0.15, -0.1) is 0 Å². The van der Waals surface area contributed by atoms with E-state index >= 15 is 0 Å². The molecule has 3 N–H and O–H groups in total. The number of aliphatic hydroxyl groups excluding tert-OH is 1. The van der Waals surface area contributed by atoms with Crippen LogP contribution in [-0.4, -0.2) is 29.1 Å². The number of aliphatic hydroxyl groups is 1. The van der Waals surface area contributed by atoms with Crippen molar-refractivity contribution in [3.8, 4) is 0 Å². The monoisotopic (exact) mass is 300 g/mol. The zero-order chi connectivity index (χ0) is 16.0. The molecule has 0 spiro atoms. The Morgan fingerprint density at radius 2 is 1.86 bits per heavy atom. The maximum atomic E-state index is 12.1. The lowest BCUT2D eigenvalue weighted by atomic mass is 9.97. The molecule has 22 heavy (non-hydrogen) atoms. The highest BCUT2D eigenvalue weighted by atomic mass is 16.3. The summed E-state index contributed by atoms with van der Waals surface area (Å²) in [5.74, 6) is -0.398. The van der Waals surface area contributed by atoms with E-state index in [-0.39, 0.29) is 24.8 Å². The molecule has 1 aromatic carbocycles. The molecule has 116 valence electrons. The van der Waals surface area contributed by atoms with E-state index in [9.17, 15) is 14.7 Å². The van der Waals surface area contributed by atoms with Crippen molar-refractivity contribution in [3.63, 3.8) is 0 Å². The lowest BCUT2D eigenvalue weighted by molar-refractivity contribution is -0.122. The minimum absolute atomic E-state index is 0.0712. The van der Waals surface area contributed by atoms with Gasteiger partial charge in [-0.3, -0.25) is 9.59 Å². The van der Waals surface area contributed by atoms with Crippen molar-refractivity contribution < 1.29 is 14.7 Å². The minimum atomic E-state index is -0.547. The molecular weight excluding hydrogens is 280 g/mol. The van der Waals surface area contributed by atoms with Crippen LogP contribution >= 0.6 is 0 Å². The maximum Gasteiger partial charge on any atom is 0.247 e. The summed E-state index contributed by atoms with van der Waals surface area (Å²) in [4.78, 5) is 23.3. The highest BCUT2D eigenvalue weighted by Crippen LogP contribution is 2.23. The van der Waals surface area contributed by atoms with E-state index in [2.05, 4.69) is 17.2 Å². The molecule has 0 fully saturated rings. The van der Waals surface area contributed by atoms with Crippen molar-refractivity contribution in [2.45, 2.75) is 24.8 Å². The van der Waals surface area contributed by atoms with Gasteiger partial charge in [0.25, 0.3) is 0 Å². The first-order valence-electron chi connectivity index (χ1n) is 7.16. The molecule has 0 unspecified atom stereocenters.